The summed E-state index contributed by atoms with van der Waals surface area (Å²) in [6.45, 7) is 2.54. The van der Waals surface area contributed by atoms with Crippen molar-refractivity contribution >= 4 is 59.2 Å². The fraction of sp³-hybridized carbons (Fsp3) is 0.333. The monoisotopic (exact) mass is 744 g/mol. The van der Waals surface area contributed by atoms with Gasteiger partial charge in [-0.1, -0.05) is 60.7 Å². The van der Waals surface area contributed by atoms with Crippen molar-refractivity contribution in [3.05, 3.63) is 71.8 Å². The van der Waals surface area contributed by atoms with E-state index in [1.54, 1.807) is 60.7 Å². The second-order valence-electron chi connectivity index (χ2n) is 12.1. The highest BCUT2D eigenvalue weighted by Gasteiger charge is 2.37. The van der Waals surface area contributed by atoms with Crippen molar-refractivity contribution in [2.24, 2.45) is 0 Å². The predicted molar refractivity (Wildman–Crippen MR) is 181 cm³/mol. The van der Waals surface area contributed by atoms with Crippen molar-refractivity contribution in [3.63, 3.8) is 0 Å². The van der Waals surface area contributed by atoms with Gasteiger partial charge in [0.1, 0.15) is 24.2 Å². The topological polar surface area (TPSA) is 244 Å². The standard InChI is InChI=1S/C36H36N6O12/c1-21(33(49)39-25(19-23-9-5-3-6-10-23)35(51)53-41-29(45)15-16-30(41)46)37-27(43)13-14-28(44)38-22(2)34(50)40-26(20-24-11-7-4-8-12-24)36(52)54-42-31(47)17-18-32(42)48/h3-12,21-22,25-26H,15-20H2,1-2H3,(H,37,43)(H,38,44)(H,39,49)(H,40,50)/t21-,22-,25-,26-/m0/s1. The van der Waals surface area contributed by atoms with E-state index in [0.717, 1.165) is 0 Å². The van der Waals surface area contributed by atoms with Crippen LogP contribution in [0.5, 0.6) is 0 Å². The Kier molecular flexibility index (Phi) is 13.7. The Bertz CT molecular complexity index is 1730. The maximum atomic E-state index is 13.0. The van der Waals surface area contributed by atoms with E-state index in [-0.39, 0.29) is 38.5 Å². The quantitative estimate of drug-likeness (QED) is 0.130. The summed E-state index contributed by atoms with van der Waals surface area (Å²) in [5.74, 6) is -4.92. The van der Waals surface area contributed by atoms with E-state index in [2.05, 4.69) is 21.3 Å². The third-order valence-corrected chi connectivity index (χ3v) is 7.91. The molecule has 8 amide bonds. The molecule has 0 bridgehead atoms. The van der Waals surface area contributed by atoms with E-state index in [9.17, 15) is 47.9 Å². The van der Waals surface area contributed by atoms with Crippen LogP contribution in [0.25, 0.3) is 0 Å². The number of hydrogen-bond acceptors (Lipinski definition) is 12. The summed E-state index contributed by atoms with van der Waals surface area (Å²) in [5, 5.41) is 10.0. The van der Waals surface area contributed by atoms with Crippen molar-refractivity contribution in [1.82, 2.24) is 31.4 Å². The number of carbonyl (C=O) groups excluding carboxylic acids is 10. The van der Waals surface area contributed by atoms with E-state index in [0.29, 0.717) is 21.3 Å². The molecule has 0 aromatic heterocycles. The first-order valence-corrected chi connectivity index (χ1v) is 16.7. The molecule has 2 saturated heterocycles. The molecule has 2 heterocycles. The van der Waals surface area contributed by atoms with Gasteiger partial charge >= 0.3 is 11.9 Å². The summed E-state index contributed by atoms with van der Waals surface area (Å²) in [6.07, 6.45) is -0.687. The van der Waals surface area contributed by atoms with Crippen LogP contribution in [0.3, 0.4) is 0 Å². The van der Waals surface area contributed by atoms with Crippen LogP contribution in [0.1, 0.15) is 50.7 Å². The summed E-state index contributed by atoms with van der Waals surface area (Å²) < 4.78 is 0. The third kappa shape index (κ3) is 11.3. The van der Waals surface area contributed by atoms with Gasteiger partial charge in [-0.25, -0.2) is 9.59 Å². The average molecular weight is 745 g/mol. The Hall–Kier alpha value is -6.90. The number of nitrogens with zero attached hydrogens (tertiary/aromatic N) is 2. The molecule has 4 N–H and O–H groups in total. The number of amides is 8. The highest BCUT2D eigenvalue weighted by molar-refractivity contribution is 6.06. The van der Waals surface area contributed by atoms with Crippen molar-refractivity contribution in [2.45, 2.75) is 76.5 Å². The van der Waals surface area contributed by atoms with Gasteiger partial charge in [-0.2, -0.15) is 0 Å². The highest BCUT2D eigenvalue weighted by atomic mass is 16.7. The van der Waals surface area contributed by atoms with Gasteiger partial charge in [0.05, 0.1) is 0 Å². The molecule has 2 aromatic rings. The van der Waals surface area contributed by atoms with Crippen LogP contribution < -0.4 is 21.3 Å². The molecule has 0 aliphatic carbocycles. The van der Waals surface area contributed by atoms with E-state index in [1.165, 1.54) is 13.8 Å². The third-order valence-electron chi connectivity index (χ3n) is 7.91. The van der Waals surface area contributed by atoms with Crippen LogP contribution in [-0.2, 0) is 70.5 Å². The first-order valence-electron chi connectivity index (χ1n) is 16.7. The zero-order chi connectivity index (χ0) is 39.4. The molecule has 2 fully saturated rings. The molecule has 2 aromatic carbocycles. The molecule has 18 nitrogen and oxygen atoms in total. The molecule has 2 aliphatic rings. The molecule has 54 heavy (non-hydrogen) atoms. The Morgan fingerprint density at radius 1 is 0.556 bits per heavy atom. The molecular weight excluding hydrogens is 708 g/mol. The van der Waals surface area contributed by atoms with E-state index >= 15 is 0 Å². The molecule has 0 unspecified atom stereocenters. The summed E-state index contributed by atoms with van der Waals surface area (Å²) in [5.41, 5.74) is 1.22. The molecule has 2 aliphatic heterocycles. The lowest BCUT2D eigenvalue weighted by molar-refractivity contribution is -0.199. The van der Waals surface area contributed by atoms with Crippen LogP contribution in [-0.4, -0.2) is 93.5 Å². The number of imide groups is 2. The van der Waals surface area contributed by atoms with Gasteiger partial charge in [0.15, 0.2) is 0 Å². The van der Waals surface area contributed by atoms with Gasteiger partial charge in [0.2, 0.25) is 11.8 Å². The van der Waals surface area contributed by atoms with Crippen LogP contribution in [0.4, 0.5) is 0 Å². The Balaban J connectivity index is 1.31. The zero-order valence-corrected chi connectivity index (χ0v) is 29.1. The van der Waals surface area contributed by atoms with Crippen LogP contribution in [0.15, 0.2) is 60.7 Å². The van der Waals surface area contributed by atoms with Gasteiger partial charge in [-0.3, -0.25) is 38.4 Å². The Morgan fingerprint density at radius 3 is 1.19 bits per heavy atom. The minimum Gasteiger partial charge on any atom is -0.341 e. The first kappa shape index (κ1) is 39.9. The summed E-state index contributed by atoms with van der Waals surface area (Å²) in [6, 6.07) is 11.6. The molecule has 0 spiro atoms. The molecule has 0 radical (unpaired) electrons. The van der Waals surface area contributed by atoms with Gasteiger partial charge in [-0.15, -0.1) is 10.1 Å². The SMILES string of the molecule is C[C@H](NC(=O)C#CC(=O)N[C@@H](C)C(=O)N[C@@H](Cc1ccccc1)C(=O)ON1C(=O)CCC1=O)C(=O)N[C@@H](Cc1ccccc1)C(=O)ON1C(=O)CCC1=O. The van der Waals surface area contributed by atoms with Crippen molar-refractivity contribution < 1.29 is 57.6 Å². The van der Waals surface area contributed by atoms with Crippen LogP contribution in [0, 0.1) is 11.8 Å². The number of benzene rings is 2. The second kappa shape index (κ2) is 18.5. The highest BCUT2D eigenvalue weighted by Crippen LogP contribution is 2.15. The smallest absolute Gasteiger partial charge is 0.341 e. The molecular formula is C36H36N6O12. The van der Waals surface area contributed by atoms with E-state index < -0.39 is 83.4 Å². The number of carbonyl (C=O) groups is 10. The molecule has 4 atom stereocenters. The van der Waals surface area contributed by atoms with Crippen molar-refractivity contribution in [1.29, 1.82) is 0 Å². The maximum absolute atomic E-state index is 13.0. The van der Waals surface area contributed by atoms with Gasteiger partial charge in [0.25, 0.3) is 35.4 Å². The minimum atomic E-state index is -1.37. The summed E-state index contributed by atoms with van der Waals surface area (Å²) in [7, 11) is 0. The average Bonchev–Trinajstić information content (AvgIpc) is 3.64. The summed E-state index contributed by atoms with van der Waals surface area (Å²) in [4.78, 5) is 135. The first-order chi connectivity index (χ1) is 25.7. The van der Waals surface area contributed by atoms with Gasteiger partial charge in [0, 0.05) is 50.4 Å². The van der Waals surface area contributed by atoms with Gasteiger partial charge in [-0.05, 0) is 25.0 Å². The van der Waals surface area contributed by atoms with Crippen molar-refractivity contribution in [3.8, 4) is 11.8 Å². The lowest BCUT2D eigenvalue weighted by atomic mass is 10.1. The normalized spacial score (nSPS) is 15.9. The predicted octanol–water partition coefficient (Wildman–Crippen LogP) is -1.33. The number of nitrogens with one attached hydrogen (secondary N) is 4. The van der Waals surface area contributed by atoms with E-state index in [4.69, 9.17) is 9.68 Å². The molecule has 4 rings (SSSR count). The van der Waals surface area contributed by atoms with Crippen LogP contribution >= 0.6 is 0 Å². The fourth-order valence-corrected chi connectivity index (χ4v) is 5.01. The number of rotatable bonds is 14. The Morgan fingerprint density at radius 2 is 0.870 bits per heavy atom. The maximum Gasteiger partial charge on any atom is 0.355 e. The number of hydrogen-bond donors (Lipinski definition) is 4. The molecule has 282 valence electrons. The second-order valence-corrected chi connectivity index (χ2v) is 12.1. The van der Waals surface area contributed by atoms with E-state index in [1.807, 2.05) is 11.8 Å². The lowest BCUT2D eigenvalue weighted by Gasteiger charge is -2.22. The largest absolute Gasteiger partial charge is 0.355 e. The fourth-order valence-electron chi connectivity index (χ4n) is 5.01. The molecule has 18 heteroatoms. The zero-order valence-electron chi connectivity index (χ0n) is 29.1. The number of hydroxylamine groups is 4. The minimum absolute atomic E-state index is 0.0833. The lowest BCUT2D eigenvalue weighted by Crippen LogP contribution is -2.52. The van der Waals surface area contributed by atoms with Crippen molar-refractivity contribution in [2.75, 3.05) is 0 Å². The Labute approximate surface area is 308 Å². The summed E-state index contributed by atoms with van der Waals surface area (Å²) >= 11 is 0. The van der Waals surface area contributed by atoms with Gasteiger partial charge < -0.3 is 30.9 Å². The van der Waals surface area contributed by atoms with Crippen LogP contribution in [0.2, 0.25) is 0 Å². The molecule has 0 saturated carbocycles.